The molecule has 0 saturated heterocycles. The van der Waals surface area contributed by atoms with Crippen LogP contribution >= 0.6 is 15.9 Å². The highest BCUT2D eigenvalue weighted by Crippen LogP contribution is 2.23. The van der Waals surface area contributed by atoms with Crippen LogP contribution in [-0.4, -0.2) is 17.9 Å². The molecule has 6 heteroatoms. The minimum Gasteiger partial charge on any atom is -0.480 e. The second kappa shape index (κ2) is 8.16. The first-order valence-electron chi connectivity index (χ1n) is 7.89. The summed E-state index contributed by atoms with van der Waals surface area (Å²) in [6.45, 7) is 7.41. The van der Waals surface area contributed by atoms with Gasteiger partial charge in [-0.3, -0.25) is 20.4 Å². The van der Waals surface area contributed by atoms with Gasteiger partial charge in [0.2, 0.25) is 0 Å². The van der Waals surface area contributed by atoms with Gasteiger partial charge in [-0.25, -0.2) is 0 Å². The normalized spacial score (nSPS) is 11.6. The average molecular weight is 405 g/mol. The number of aryl methyl sites for hydroxylation is 3. The maximum atomic E-state index is 12.2. The summed E-state index contributed by atoms with van der Waals surface area (Å²) in [5.74, 6) is -0.144. The molecule has 0 heterocycles. The SMILES string of the molecule is Cc1ccc(C(=O)NNC(=O)[C@@H](C)Oc2c(C)cccc2C)cc1Br. The van der Waals surface area contributed by atoms with Gasteiger partial charge in [-0.1, -0.05) is 40.2 Å². The van der Waals surface area contributed by atoms with Crippen LogP contribution in [0.2, 0.25) is 0 Å². The molecule has 25 heavy (non-hydrogen) atoms. The third kappa shape index (κ3) is 4.82. The number of ether oxygens (including phenoxy) is 1. The Morgan fingerprint density at radius 3 is 2.24 bits per heavy atom. The van der Waals surface area contributed by atoms with Crippen molar-refractivity contribution in [2.45, 2.75) is 33.8 Å². The molecule has 0 saturated carbocycles. The third-order valence-electron chi connectivity index (χ3n) is 3.81. The van der Waals surface area contributed by atoms with Gasteiger partial charge in [0.1, 0.15) is 5.75 Å². The summed E-state index contributed by atoms with van der Waals surface area (Å²) in [5.41, 5.74) is 8.17. The van der Waals surface area contributed by atoms with E-state index in [1.807, 2.05) is 45.0 Å². The molecule has 2 aromatic carbocycles. The van der Waals surface area contributed by atoms with Crippen LogP contribution in [0, 0.1) is 20.8 Å². The Morgan fingerprint density at radius 2 is 1.64 bits per heavy atom. The van der Waals surface area contributed by atoms with E-state index in [1.165, 1.54) is 0 Å². The number of nitrogens with one attached hydrogen (secondary N) is 2. The number of para-hydroxylation sites is 1. The molecule has 0 aromatic heterocycles. The predicted molar refractivity (Wildman–Crippen MR) is 100 cm³/mol. The summed E-state index contributed by atoms with van der Waals surface area (Å²) < 4.78 is 6.57. The molecule has 0 aliphatic heterocycles. The van der Waals surface area contributed by atoms with Crippen LogP contribution in [0.1, 0.15) is 34.0 Å². The Labute approximate surface area is 155 Å². The Bertz CT molecular complexity index is 785. The van der Waals surface area contributed by atoms with Crippen molar-refractivity contribution >= 4 is 27.7 Å². The molecular weight excluding hydrogens is 384 g/mol. The molecule has 2 N–H and O–H groups in total. The first-order valence-corrected chi connectivity index (χ1v) is 8.68. The molecule has 132 valence electrons. The van der Waals surface area contributed by atoms with Crippen LogP contribution in [0.3, 0.4) is 0 Å². The Balaban J connectivity index is 1.95. The minimum atomic E-state index is -0.746. The first kappa shape index (κ1) is 19.0. The molecule has 5 nitrogen and oxygen atoms in total. The number of benzene rings is 2. The molecule has 0 aliphatic rings. The van der Waals surface area contributed by atoms with Gasteiger partial charge in [0.25, 0.3) is 11.8 Å². The van der Waals surface area contributed by atoms with Crippen molar-refractivity contribution in [1.82, 2.24) is 10.9 Å². The lowest BCUT2D eigenvalue weighted by Crippen LogP contribution is -2.47. The summed E-state index contributed by atoms with van der Waals surface area (Å²) >= 11 is 3.38. The molecule has 2 amide bonds. The van der Waals surface area contributed by atoms with E-state index < -0.39 is 17.9 Å². The summed E-state index contributed by atoms with van der Waals surface area (Å²) in [4.78, 5) is 24.3. The highest BCUT2D eigenvalue weighted by molar-refractivity contribution is 9.10. The zero-order chi connectivity index (χ0) is 18.6. The molecule has 0 spiro atoms. The van der Waals surface area contributed by atoms with E-state index in [-0.39, 0.29) is 0 Å². The van der Waals surface area contributed by atoms with Crippen molar-refractivity contribution in [2.75, 3.05) is 0 Å². The van der Waals surface area contributed by atoms with Crippen molar-refractivity contribution in [1.29, 1.82) is 0 Å². The molecule has 0 bridgehead atoms. The number of amides is 2. The highest BCUT2D eigenvalue weighted by atomic mass is 79.9. The van der Waals surface area contributed by atoms with E-state index in [4.69, 9.17) is 4.74 Å². The monoisotopic (exact) mass is 404 g/mol. The Hall–Kier alpha value is -2.34. The average Bonchev–Trinajstić information content (AvgIpc) is 2.58. The lowest BCUT2D eigenvalue weighted by Gasteiger charge is -2.18. The van der Waals surface area contributed by atoms with E-state index >= 15 is 0 Å². The zero-order valence-electron chi connectivity index (χ0n) is 14.6. The molecule has 2 rings (SSSR count). The number of hydrogen-bond donors (Lipinski definition) is 2. The molecular formula is C19H21BrN2O3. The zero-order valence-corrected chi connectivity index (χ0v) is 16.2. The number of hydrazine groups is 1. The fourth-order valence-corrected chi connectivity index (χ4v) is 2.62. The number of hydrogen-bond acceptors (Lipinski definition) is 3. The van der Waals surface area contributed by atoms with Crippen molar-refractivity contribution in [2.24, 2.45) is 0 Å². The quantitative estimate of drug-likeness (QED) is 0.764. The maximum Gasteiger partial charge on any atom is 0.279 e. The van der Waals surface area contributed by atoms with Gasteiger partial charge in [0.05, 0.1) is 0 Å². The van der Waals surface area contributed by atoms with E-state index in [0.717, 1.165) is 21.2 Å². The summed E-state index contributed by atoms with van der Waals surface area (Å²) in [7, 11) is 0. The molecule has 2 aromatic rings. The largest absolute Gasteiger partial charge is 0.480 e. The molecule has 0 fully saturated rings. The van der Waals surface area contributed by atoms with Crippen LogP contribution in [-0.2, 0) is 4.79 Å². The molecule has 0 aliphatic carbocycles. The van der Waals surface area contributed by atoms with Crippen LogP contribution in [0.4, 0.5) is 0 Å². The van der Waals surface area contributed by atoms with Crippen molar-refractivity contribution in [3.63, 3.8) is 0 Å². The predicted octanol–water partition coefficient (Wildman–Crippen LogP) is 3.60. The van der Waals surface area contributed by atoms with E-state index in [0.29, 0.717) is 11.3 Å². The second-order valence-corrected chi connectivity index (χ2v) is 6.74. The van der Waals surface area contributed by atoms with Gasteiger partial charge in [-0.2, -0.15) is 0 Å². The number of carbonyl (C=O) groups is 2. The van der Waals surface area contributed by atoms with Crippen molar-refractivity contribution < 1.29 is 14.3 Å². The van der Waals surface area contributed by atoms with E-state index in [9.17, 15) is 9.59 Å². The Morgan fingerprint density at radius 1 is 1.00 bits per heavy atom. The fourth-order valence-electron chi connectivity index (χ4n) is 2.24. The minimum absolute atomic E-state index is 0.395. The second-order valence-electron chi connectivity index (χ2n) is 5.89. The Kier molecular flexibility index (Phi) is 6.20. The molecule has 0 radical (unpaired) electrons. The number of halogens is 1. The van der Waals surface area contributed by atoms with Crippen molar-refractivity contribution in [3.05, 3.63) is 63.1 Å². The van der Waals surface area contributed by atoms with Gasteiger partial charge in [-0.05, 0) is 56.5 Å². The van der Waals surface area contributed by atoms with Gasteiger partial charge >= 0.3 is 0 Å². The van der Waals surface area contributed by atoms with Gasteiger partial charge in [0, 0.05) is 10.0 Å². The number of carbonyl (C=O) groups excluding carboxylic acids is 2. The number of rotatable bonds is 4. The van der Waals surface area contributed by atoms with Crippen LogP contribution < -0.4 is 15.6 Å². The van der Waals surface area contributed by atoms with Crippen LogP contribution in [0.5, 0.6) is 5.75 Å². The van der Waals surface area contributed by atoms with E-state index in [2.05, 4.69) is 26.8 Å². The highest BCUT2D eigenvalue weighted by Gasteiger charge is 2.18. The lowest BCUT2D eigenvalue weighted by atomic mass is 10.1. The van der Waals surface area contributed by atoms with Crippen LogP contribution in [0.15, 0.2) is 40.9 Å². The van der Waals surface area contributed by atoms with E-state index in [1.54, 1.807) is 19.1 Å². The van der Waals surface area contributed by atoms with Gasteiger partial charge in [-0.15, -0.1) is 0 Å². The smallest absolute Gasteiger partial charge is 0.279 e. The lowest BCUT2D eigenvalue weighted by molar-refractivity contribution is -0.128. The van der Waals surface area contributed by atoms with Crippen molar-refractivity contribution in [3.8, 4) is 5.75 Å². The maximum absolute atomic E-state index is 12.2. The molecule has 1 atom stereocenters. The fraction of sp³-hybridized carbons (Fsp3) is 0.263. The molecule has 0 unspecified atom stereocenters. The van der Waals surface area contributed by atoms with Gasteiger partial charge in [0.15, 0.2) is 6.10 Å². The third-order valence-corrected chi connectivity index (χ3v) is 4.66. The topological polar surface area (TPSA) is 67.4 Å². The summed E-state index contributed by atoms with van der Waals surface area (Å²) in [6.07, 6.45) is -0.746. The van der Waals surface area contributed by atoms with Gasteiger partial charge < -0.3 is 4.74 Å². The van der Waals surface area contributed by atoms with Crippen LogP contribution in [0.25, 0.3) is 0 Å². The first-order chi connectivity index (χ1) is 11.8. The standard InChI is InChI=1S/C19H21BrN2O3/c1-11-8-9-15(10-16(11)20)19(24)22-21-18(23)14(4)25-17-12(2)6-5-7-13(17)3/h5-10,14H,1-4H3,(H,21,23)(H,22,24)/t14-/m1/s1. The summed E-state index contributed by atoms with van der Waals surface area (Å²) in [6, 6.07) is 11.0. The summed E-state index contributed by atoms with van der Waals surface area (Å²) in [5, 5.41) is 0.